The predicted molar refractivity (Wildman–Crippen MR) is 96.6 cm³/mol. The van der Waals surface area contributed by atoms with Crippen molar-refractivity contribution in [3.05, 3.63) is 41.0 Å². The summed E-state index contributed by atoms with van der Waals surface area (Å²) in [7, 11) is 0. The number of hydrogen-bond donors (Lipinski definition) is 1. The van der Waals surface area contributed by atoms with Gasteiger partial charge in [-0.1, -0.05) is 45.0 Å². The maximum absolute atomic E-state index is 12.5. The van der Waals surface area contributed by atoms with Crippen LogP contribution in [0.1, 0.15) is 49.2 Å². The molecule has 0 atom stereocenters. The molecule has 0 radical (unpaired) electrons. The zero-order valence-corrected chi connectivity index (χ0v) is 15.2. The number of ether oxygens (including phenoxy) is 1. The lowest BCUT2D eigenvalue weighted by atomic mass is 9.96. The molecule has 1 heterocycles. The summed E-state index contributed by atoms with van der Waals surface area (Å²) in [5.41, 5.74) is 3.28. The number of fused-ring (bicyclic) bond motifs is 3. The number of rotatable bonds is 3. The minimum atomic E-state index is -0.529. The van der Waals surface area contributed by atoms with Crippen LogP contribution in [0.4, 0.5) is 5.00 Å². The van der Waals surface area contributed by atoms with E-state index in [2.05, 4.69) is 17.4 Å². The fourth-order valence-electron chi connectivity index (χ4n) is 2.74. The van der Waals surface area contributed by atoms with Crippen molar-refractivity contribution in [2.45, 2.75) is 34.1 Å². The Labute approximate surface area is 145 Å². The highest BCUT2D eigenvalue weighted by Crippen LogP contribution is 2.47. The van der Waals surface area contributed by atoms with E-state index in [0.717, 1.165) is 16.0 Å². The van der Waals surface area contributed by atoms with E-state index >= 15 is 0 Å². The third kappa shape index (κ3) is 2.84. The number of amides is 1. The van der Waals surface area contributed by atoms with Gasteiger partial charge in [0.1, 0.15) is 5.00 Å². The second kappa shape index (κ2) is 6.06. The van der Waals surface area contributed by atoms with Crippen LogP contribution >= 0.6 is 11.3 Å². The highest BCUT2D eigenvalue weighted by molar-refractivity contribution is 7.20. The van der Waals surface area contributed by atoms with Gasteiger partial charge < -0.3 is 10.1 Å². The van der Waals surface area contributed by atoms with E-state index in [0.29, 0.717) is 23.6 Å². The lowest BCUT2D eigenvalue weighted by molar-refractivity contribution is -0.123. The van der Waals surface area contributed by atoms with Gasteiger partial charge in [-0.15, -0.1) is 11.3 Å². The Hall–Kier alpha value is -2.14. The SMILES string of the molecule is CCOC(=O)c1c(NC(=O)C(C)(C)C)sc2c1Cc1ccccc1-2. The molecule has 0 bridgehead atoms. The summed E-state index contributed by atoms with van der Waals surface area (Å²) in [6.45, 7) is 7.64. The average molecular weight is 343 g/mol. The van der Waals surface area contributed by atoms with Crippen LogP contribution in [0.2, 0.25) is 0 Å². The van der Waals surface area contributed by atoms with Crippen LogP contribution in [0.25, 0.3) is 10.4 Å². The van der Waals surface area contributed by atoms with Crippen LogP contribution < -0.4 is 5.32 Å². The first kappa shape index (κ1) is 16.7. The predicted octanol–water partition coefficient (Wildman–Crippen LogP) is 4.48. The Balaban J connectivity index is 2.07. The molecule has 24 heavy (non-hydrogen) atoms. The molecule has 3 rings (SSSR count). The highest BCUT2D eigenvalue weighted by atomic mass is 32.1. The molecule has 1 amide bonds. The van der Waals surface area contributed by atoms with Crippen LogP contribution in [-0.2, 0) is 16.0 Å². The number of anilines is 1. The van der Waals surface area contributed by atoms with Gasteiger partial charge in [-0.05, 0) is 23.6 Å². The van der Waals surface area contributed by atoms with Gasteiger partial charge in [0, 0.05) is 16.7 Å². The zero-order valence-electron chi connectivity index (χ0n) is 14.4. The number of benzene rings is 1. The molecule has 126 valence electrons. The second-order valence-electron chi connectivity index (χ2n) is 6.87. The lowest BCUT2D eigenvalue weighted by Gasteiger charge is -2.17. The Morgan fingerprint density at radius 3 is 2.62 bits per heavy atom. The molecule has 2 aromatic rings. The van der Waals surface area contributed by atoms with E-state index in [1.54, 1.807) is 6.92 Å². The standard InChI is InChI=1S/C19H21NO3S/c1-5-23-17(21)14-13-10-11-8-6-7-9-12(11)15(13)24-16(14)20-18(22)19(2,3)4/h6-9H,5,10H2,1-4H3,(H,20,22). The molecule has 4 nitrogen and oxygen atoms in total. The number of carbonyl (C=O) groups excluding carboxylic acids is 2. The zero-order chi connectivity index (χ0) is 17.5. The number of carbonyl (C=O) groups is 2. The normalized spacial score (nSPS) is 12.5. The van der Waals surface area contributed by atoms with Crippen LogP contribution in [0, 0.1) is 5.41 Å². The average Bonchev–Trinajstić information content (AvgIpc) is 3.01. The summed E-state index contributed by atoms with van der Waals surface area (Å²) in [4.78, 5) is 25.9. The van der Waals surface area contributed by atoms with E-state index in [1.807, 2.05) is 32.9 Å². The van der Waals surface area contributed by atoms with Gasteiger partial charge in [-0.2, -0.15) is 0 Å². The molecule has 1 N–H and O–H groups in total. The first-order chi connectivity index (χ1) is 11.3. The summed E-state index contributed by atoms with van der Waals surface area (Å²) >= 11 is 1.46. The summed E-state index contributed by atoms with van der Waals surface area (Å²) < 4.78 is 5.23. The van der Waals surface area contributed by atoms with Crippen molar-refractivity contribution in [2.24, 2.45) is 5.41 Å². The summed E-state index contributed by atoms with van der Waals surface area (Å²) in [6, 6.07) is 8.12. The molecule has 1 aromatic heterocycles. The van der Waals surface area contributed by atoms with E-state index in [-0.39, 0.29) is 11.9 Å². The Morgan fingerprint density at radius 1 is 1.25 bits per heavy atom. The van der Waals surface area contributed by atoms with Crippen LogP contribution in [0.5, 0.6) is 0 Å². The van der Waals surface area contributed by atoms with Gasteiger partial charge in [0.15, 0.2) is 0 Å². The Bertz CT molecular complexity index is 815. The van der Waals surface area contributed by atoms with Gasteiger partial charge in [0.25, 0.3) is 0 Å². The van der Waals surface area contributed by atoms with Gasteiger partial charge in [-0.3, -0.25) is 4.79 Å². The van der Waals surface area contributed by atoms with E-state index in [9.17, 15) is 9.59 Å². The van der Waals surface area contributed by atoms with Crippen molar-refractivity contribution >= 4 is 28.2 Å². The largest absolute Gasteiger partial charge is 0.462 e. The first-order valence-corrected chi connectivity index (χ1v) is 8.87. The van der Waals surface area contributed by atoms with Gasteiger partial charge in [0.2, 0.25) is 5.91 Å². The lowest BCUT2D eigenvalue weighted by Crippen LogP contribution is -2.28. The highest BCUT2D eigenvalue weighted by Gasteiger charge is 2.32. The molecule has 0 spiro atoms. The van der Waals surface area contributed by atoms with Crippen molar-refractivity contribution in [2.75, 3.05) is 11.9 Å². The molecule has 5 heteroatoms. The molecule has 0 saturated heterocycles. The minimum Gasteiger partial charge on any atom is -0.462 e. The Morgan fingerprint density at radius 2 is 1.96 bits per heavy atom. The van der Waals surface area contributed by atoms with Crippen molar-refractivity contribution < 1.29 is 14.3 Å². The van der Waals surface area contributed by atoms with Crippen molar-refractivity contribution in [3.63, 3.8) is 0 Å². The molecule has 1 aromatic carbocycles. The molecule has 0 unspecified atom stereocenters. The second-order valence-corrected chi connectivity index (χ2v) is 7.89. The fourth-order valence-corrected chi connectivity index (χ4v) is 4.00. The summed E-state index contributed by atoms with van der Waals surface area (Å²) in [5, 5.41) is 3.52. The number of nitrogens with one attached hydrogen (secondary N) is 1. The summed E-state index contributed by atoms with van der Waals surface area (Å²) in [6.07, 6.45) is 0.696. The maximum Gasteiger partial charge on any atom is 0.341 e. The number of esters is 1. The topological polar surface area (TPSA) is 55.4 Å². The van der Waals surface area contributed by atoms with Crippen molar-refractivity contribution in [1.29, 1.82) is 0 Å². The third-order valence-electron chi connectivity index (χ3n) is 4.02. The van der Waals surface area contributed by atoms with E-state index < -0.39 is 5.41 Å². The smallest absolute Gasteiger partial charge is 0.341 e. The quantitative estimate of drug-likeness (QED) is 0.713. The van der Waals surface area contributed by atoms with Crippen LogP contribution in [0.3, 0.4) is 0 Å². The van der Waals surface area contributed by atoms with Crippen molar-refractivity contribution in [3.8, 4) is 10.4 Å². The van der Waals surface area contributed by atoms with Crippen molar-refractivity contribution in [1.82, 2.24) is 0 Å². The molecular weight excluding hydrogens is 322 g/mol. The molecule has 1 aliphatic carbocycles. The molecule has 0 aliphatic heterocycles. The van der Waals surface area contributed by atoms with Crippen LogP contribution in [-0.4, -0.2) is 18.5 Å². The summed E-state index contributed by atoms with van der Waals surface area (Å²) in [5.74, 6) is -0.478. The molecule has 0 saturated carbocycles. The van der Waals surface area contributed by atoms with Gasteiger partial charge in [-0.25, -0.2) is 4.79 Å². The molecular formula is C19H21NO3S. The van der Waals surface area contributed by atoms with Gasteiger partial charge >= 0.3 is 5.97 Å². The first-order valence-electron chi connectivity index (χ1n) is 8.05. The van der Waals surface area contributed by atoms with Crippen LogP contribution in [0.15, 0.2) is 24.3 Å². The monoisotopic (exact) mass is 343 g/mol. The van der Waals surface area contributed by atoms with E-state index in [1.165, 1.54) is 16.9 Å². The third-order valence-corrected chi connectivity index (χ3v) is 5.20. The Kier molecular flexibility index (Phi) is 4.22. The maximum atomic E-state index is 12.5. The minimum absolute atomic E-state index is 0.110. The molecule has 0 fully saturated rings. The number of hydrogen-bond acceptors (Lipinski definition) is 4. The molecule has 1 aliphatic rings. The van der Waals surface area contributed by atoms with E-state index in [4.69, 9.17) is 4.74 Å². The van der Waals surface area contributed by atoms with Gasteiger partial charge in [0.05, 0.1) is 12.2 Å². The fraction of sp³-hybridized carbons (Fsp3) is 0.368. The number of thiophene rings is 1.